The van der Waals surface area contributed by atoms with Crippen LogP contribution in [0.5, 0.6) is 0 Å². The van der Waals surface area contributed by atoms with E-state index in [1.54, 1.807) is 0 Å². The number of halogens is 1. The normalized spacial score (nSPS) is 11.8. The summed E-state index contributed by atoms with van der Waals surface area (Å²) in [7, 11) is 0. The van der Waals surface area contributed by atoms with Crippen molar-refractivity contribution in [3.05, 3.63) is 53.0 Å². The van der Waals surface area contributed by atoms with E-state index in [1.807, 2.05) is 6.07 Å². The molecule has 2 heteroatoms. The van der Waals surface area contributed by atoms with Crippen LogP contribution in [0.1, 0.15) is 0 Å². The standard InChI is InChI=1S/C16H10BrN/c17-13-8-14(18)12-7-3-6-10-9-4-1-2-5-11(9)16(13)15(10)12/h1-8H,18H2. The first-order chi connectivity index (χ1) is 8.77. The van der Waals surface area contributed by atoms with Crippen molar-refractivity contribution in [2.75, 3.05) is 5.73 Å². The maximum absolute atomic E-state index is 6.13. The lowest BCUT2D eigenvalue weighted by molar-refractivity contribution is 1.67. The number of anilines is 1. The van der Waals surface area contributed by atoms with Gasteiger partial charge in [0.05, 0.1) is 0 Å². The van der Waals surface area contributed by atoms with Gasteiger partial charge in [0.1, 0.15) is 0 Å². The van der Waals surface area contributed by atoms with Crippen molar-refractivity contribution < 1.29 is 0 Å². The van der Waals surface area contributed by atoms with Gasteiger partial charge >= 0.3 is 0 Å². The minimum absolute atomic E-state index is 0.829. The topological polar surface area (TPSA) is 26.0 Å². The fourth-order valence-corrected chi connectivity index (χ4v) is 3.55. The van der Waals surface area contributed by atoms with Crippen molar-refractivity contribution in [2.24, 2.45) is 0 Å². The minimum Gasteiger partial charge on any atom is -0.398 e. The number of benzene rings is 3. The monoisotopic (exact) mass is 295 g/mol. The molecular formula is C16H10BrN. The number of hydrogen-bond donors (Lipinski definition) is 1. The fourth-order valence-electron chi connectivity index (χ4n) is 2.89. The van der Waals surface area contributed by atoms with E-state index in [-0.39, 0.29) is 0 Å². The van der Waals surface area contributed by atoms with Gasteiger partial charge in [-0.3, -0.25) is 0 Å². The van der Waals surface area contributed by atoms with Crippen molar-refractivity contribution in [2.45, 2.75) is 0 Å². The lowest BCUT2D eigenvalue weighted by Gasteiger charge is -2.07. The van der Waals surface area contributed by atoms with Crippen LogP contribution in [0.15, 0.2) is 53.0 Å². The summed E-state index contributed by atoms with van der Waals surface area (Å²) in [4.78, 5) is 0. The first-order valence-corrected chi connectivity index (χ1v) is 6.67. The van der Waals surface area contributed by atoms with Crippen LogP contribution in [0.4, 0.5) is 5.69 Å². The van der Waals surface area contributed by atoms with Crippen molar-refractivity contribution in [3.63, 3.8) is 0 Å². The molecule has 0 radical (unpaired) electrons. The molecule has 1 nitrogen and oxygen atoms in total. The fraction of sp³-hybridized carbons (Fsp3) is 0. The number of rotatable bonds is 0. The molecule has 4 rings (SSSR count). The van der Waals surface area contributed by atoms with Gasteiger partial charge in [-0.15, -0.1) is 0 Å². The first kappa shape index (κ1) is 10.2. The molecule has 86 valence electrons. The van der Waals surface area contributed by atoms with Crippen LogP contribution in [0.3, 0.4) is 0 Å². The van der Waals surface area contributed by atoms with E-state index in [2.05, 4.69) is 58.4 Å². The molecular weight excluding hydrogens is 286 g/mol. The van der Waals surface area contributed by atoms with E-state index in [9.17, 15) is 0 Å². The highest BCUT2D eigenvalue weighted by Crippen LogP contribution is 2.51. The van der Waals surface area contributed by atoms with Gasteiger partial charge in [-0.25, -0.2) is 0 Å². The summed E-state index contributed by atoms with van der Waals surface area (Å²) in [6, 6.07) is 16.9. The Morgan fingerprint density at radius 2 is 1.56 bits per heavy atom. The summed E-state index contributed by atoms with van der Waals surface area (Å²) in [5.74, 6) is 0. The van der Waals surface area contributed by atoms with Crippen molar-refractivity contribution >= 4 is 32.4 Å². The minimum atomic E-state index is 0.829. The number of fused-ring (bicyclic) bond motifs is 3. The third-order valence-electron chi connectivity index (χ3n) is 3.63. The molecule has 0 spiro atoms. The van der Waals surface area contributed by atoms with E-state index >= 15 is 0 Å². The van der Waals surface area contributed by atoms with E-state index < -0.39 is 0 Å². The maximum Gasteiger partial charge on any atom is 0.0405 e. The molecule has 18 heavy (non-hydrogen) atoms. The Labute approximate surface area is 113 Å². The van der Waals surface area contributed by atoms with Crippen LogP contribution in [0, 0.1) is 0 Å². The molecule has 0 aliphatic heterocycles. The van der Waals surface area contributed by atoms with E-state index in [0.717, 1.165) is 15.5 Å². The Kier molecular flexibility index (Phi) is 1.90. The number of nitrogen functional groups attached to an aromatic ring is 1. The lowest BCUT2D eigenvalue weighted by Crippen LogP contribution is -1.88. The molecule has 0 heterocycles. The second kappa shape index (κ2) is 3.36. The molecule has 0 atom stereocenters. The van der Waals surface area contributed by atoms with Crippen molar-refractivity contribution in [3.8, 4) is 22.3 Å². The van der Waals surface area contributed by atoms with Crippen LogP contribution in [0.2, 0.25) is 0 Å². The number of nitrogens with two attached hydrogens (primary N) is 1. The third-order valence-corrected chi connectivity index (χ3v) is 4.26. The Morgan fingerprint density at radius 3 is 2.39 bits per heavy atom. The van der Waals surface area contributed by atoms with Crippen LogP contribution in [-0.2, 0) is 0 Å². The van der Waals surface area contributed by atoms with Gasteiger partial charge in [-0.1, -0.05) is 58.4 Å². The zero-order valence-corrected chi connectivity index (χ0v) is 11.2. The van der Waals surface area contributed by atoms with Gasteiger partial charge in [-0.05, 0) is 22.8 Å². The molecule has 0 unspecified atom stereocenters. The molecule has 3 aromatic rings. The molecule has 1 aliphatic carbocycles. The molecule has 0 aromatic heterocycles. The Hall–Kier alpha value is -1.80. The lowest BCUT2D eigenvalue weighted by atomic mass is 10.0. The van der Waals surface area contributed by atoms with Crippen LogP contribution < -0.4 is 5.73 Å². The second-order valence-corrected chi connectivity index (χ2v) is 5.45. The molecule has 0 amide bonds. The quantitative estimate of drug-likeness (QED) is 0.462. The average Bonchev–Trinajstić information content (AvgIpc) is 2.72. The molecule has 2 N–H and O–H groups in total. The molecule has 3 aromatic carbocycles. The summed E-state index contributed by atoms with van der Waals surface area (Å²) in [6.45, 7) is 0. The zero-order chi connectivity index (χ0) is 12.3. The molecule has 0 fully saturated rings. The predicted molar refractivity (Wildman–Crippen MR) is 80.5 cm³/mol. The summed E-state index contributed by atoms with van der Waals surface area (Å²) in [5.41, 5.74) is 12.1. The predicted octanol–water partition coefficient (Wildman–Crippen LogP) is 4.83. The number of hydrogen-bond acceptors (Lipinski definition) is 1. The SMILES string of the molecule is Nc1cc(Br)c2c3c(cccc13)-c1ccccc1-2. The summed E-state index contributed by atoms with van der Waals surface area (Å²) < 4.78 is 1.07. The largest absolute Gasteiger partial charge is 0.398 e. The third kappa shape index (κ3) is 1.11. The Balaban J connectivity index is 2.33. The smallest absolute Gasteiger partial charge is 0.0405 e. The van der Waals surface area contributed by atoms with Crippen LogP contribution >= 0.6 is 15.9 Å². The van der Waals surface area contributed by atoms with Gasteiger partial charge in [0.2, 0.25) is 0 Å². The highest BCUT2D eigenvalue weighted by atomic mass is 79.9. The van der Waals surface area contributed by atoms with Crippen LogP contribution in [-0.4, -0.2) is 0 Å². The van der Waals surface area contributed by atoms with E-state index in [0.29, 0.717) is 0 Å². The summed E-state index contributed by atoms with van der Waals surface area (Å²) >= 11 is 3.65. The van der Waals surface area contributed by atoms with Gasteiger partial charge in [0.25, 0.3) is 0 Å². The van der Waals surface area contributed by atoms with Crippen LogP contribution in [0.25, 0.3) is 33.0 Å². The maximum atomic E-state index is 6.13. The van der Waals surface area contributed by atoms with Gasteiger partial charge < -0.3 is 5.73 Å². The zero-order valence-electron chi connectivity index (χ0n) is 9.57. The van der Waals surface area contributed by atoms with E-state index in [1.165, 1.54) is 27.6 Å². The highest BCUT2D eigenvalue weighted by molar-refractivity contribution is 9.10. The van der Waals surface area contributed by atoms with Gasteiger partial charge in [0, 0.05) is 26.5 Å². The van der Waals surface area contributed by atoms with Crippen molar-refractivity contribution in [1.82, 2.24) is 0 Å². The van der Waals surface area contributed by atoms with Gasteiger partial charge in [-0.2, -0.15) is 0 Å². The molecule has 1 aliphatic rings. The van der Waals surface area contributed by atoms with E-state index in [4.69, 9.17) is 5.73 Å². The molecule has 0 saturated carbocycles. The average molecular weight is 296 g/mol. The molecule has 0 bridgehead atoms. The first-order valence-electron chi connectivity index (χ1n) is 5.88. The Morgan fingerprint density at radius 1 is 0.833 bits per heavy atom. The van der Waals surface area contributed by atoms with Crippen molar-refractivity contribution in [1.29, 1.82) is 0 Å². The highest BCUT2D eigenvalue weighted by Gasteiger charge is 2.23. The summed E-state index contributed by atoms with van der Waals surface area (Å²) in [5, 5.41) is 2.41. The summed E-state index contributed by atoms with van der Waals surface area (Å²) in [6.07, 6.45) is 0. The van der Waals surface area contributed by atoms with Gasteiger partial charge in [0.15, 0.2) is 0 Å². The Bertz CT molecular complexity index is 806. The molecule has 0 saturated heterocycles. The second-order valence-electron chi connectivity index (χ2n) is 4.60.